The Hall–Kier alpha value is -1.35. The lowest BCUT2D eigenvalue weighted by Gasteiger charge is -2.24. The largest absolute Gasteiger partial charge is 0.396 e. The minimum atomic E-state index is 0.0423. The lowest BCUT2D eigenvalue weighted by molar-refractivity contribution is -0.118. The summed E-state index contributed by atoms with van der Waals surface area (Å²) in [6.45, 7) is 8.62. The van der Waals surface area contributed by atoms with Gasteiger partial charge in [0.25, 0.3) is 0 Å². The first-order valence-corrected chi connectivity index (χ1v) is 6.76. The molecule has 0 aliphatic heterocycles. The van der Waals surface area contributed by atoms with Crippen LogP contribution in [-0.4, -0.2) is 24.7 Å². The van der Waals surface area contributed by atoms with Gasteiger partial charge in [0.2, 0.25) is 5.91 Å². The Morgan fingerprint density at radius 3 is 2.42 bits per heavy atom. The maximum absolute atomic E-state index is 12.0. The molecule has 19 heavy (non-hydrogen) atoms. The first-order valence-electron chi connectivity index (χ1n) is 6.76. The van der Waals surface area contributed by atoms with Gasteiger partial charge < -0.3 is 10.0 Å². The summed E-state index contributed by atoms with van der Waals surface area (Å²) >= 11 is 0. The van der Waals surface area contributed by atoms with E-state index in [1.54, 1.807) is 11.9 Å². The third-order valence-corrected chi connectivity index (χ3v) is 3.35. The van der Waals surface area contributed by atoms with E-state index in [0.29, 0.717) is 12.8 Å². The zero-order valence-electron chi connectivity index (χ0n) is 12.7. The van der Waals surface area contributed by atoms with Crippen LogP contribution in [-0.2, 0) is 10.2 Å². The van der Waals surface area contributed by atoms with Gasteiger partial charge in [0, 0.05) is 25.8 Å². The molecule has 1 rings (SSSR count). The Morgan fingerprint density at radius 1 is 1.32 bits per heavy atom. The van der Waals surface area contributed by atoms with Gasteiger partial charge in [-0.3, -0.25) is 4.79 Å². The van der Waals surface area contributed by atoms with Gasteiger partial charge in [-0.25, -0.2) is 0 Å². The summed E-state index contributed by atoms with van der Waals surface area (Å²) in [6, 6.07) is 6.23. The lowest BCUT2D eigenvalue weighted by Crippen LogP contribution is -2.27. The first kappa shape index (κ1) is 15.7. The highest BCUT2D eigenvalue weighted by Crippen LogP contribution is 2.28. The number of carbonyl (C=O) groups excluding carboxylic acids is 1. The van der Waals surface area contributed by atoms with Crippen LogP contribution in [0.15, 0.2) is 18.2 Å². The van der Waals surface area contributed by atoms with Crippen molar-refractivity contribution in [2.75, 3.05) is 18.6 Å². The Morgan fingerprint density at radius 2 is 1.95 bits per heavy atom. The van der Waals surface area contributed by atoms with E-state index in [2.05, 4.69) is 32.9 Å². The van der Waals surface area contributed by atoms with E-state index in [4.69, 9.17) is 5.11 Å². The van der Waals surface area contributed by atoms with Crippen LogP contribution in [0, 0.1) is 6.92 Å². The molecule has 1 N–H and O–H groups in total. The van der Waals surface area contributed by atoms with E-state index in [1.807, 2.05) is 13.0 Å². The molecule has 0 spiro atoms. The molecule has 3 heteroatoms. The minimum absolute atomic E-state index is 0.0423. The number of amides is 1. The summed E-state index contributed by atoms with van der Waals surface area (Å²) in [5.74, 6) is 0.0423. The standard InChI is InChI=1S/C16H25NO2/c1-12-11-13(16(2,3)4)8-9-14(12)17(5)15(19)7-6-10-18/h8-9,11,18H,6-7,10H2,1-5H3. The summed E-state index contributed by atoms with van der Waals surface area (Å²) < 4.78 is 0. The molecule has 106 valence electrons. The molecule has 0 heterocycles. The van der Waals surface area contributed by atoms with Gasteiger partial charge in [0.05, 0.1) is 0 Å². The molecule has 0 saturated heterocycles. The topological polar surface area (TPSA) is 40.5 Å². The number of benzene rings is 1. The lowest BCUT2D eigenvalue weighted by atomic mass is 9.86. The van der Waals surface area contributed by atoms with Crippen LogP contribution in [0.5, 0.6) is 0 Å². The van der Waals surface area contributed by atoms with E-state index in [9.17, 15) is 4.79 Å². The number of aliphatic hydroxyl groups is 1. The highest BCUT2D eigenvalue weighted by molar-refractivity contribution is 5.93. The van der Waals surface area contributed by atoms with Gasteiger partial charge >= 0.3 is 0 Å². The molecule has 0 aromatic heterocycles. The molecule has 3 nitrogen and oxygen atoms in total. The molecule has 0 radical (unpaired) electrons. The molecule has 0 fully saturated rings. The summed E-state index contributed by atoms with van der Waals surface area (Å²) in [5, 5.41) is 8.78. The zero-order valence-corrected chi connectivity index (χ0v) is 12.7. The number of nitrogens with zero attached hydrogens (tertiary/aromatic N) is 1. The fourth-order valence-corrected chi connectivity index (χ4v) is 2.03. The smallest absolute Gasteiger partial charge is 0.226 e. The second kappa shape index (κ2) is 6.20. The molecule has 0 bridgehead atoms. The van der Waals surface area contributed by atoms with Crippen molar-refractivity contribution < 1.29 is 9.90 Å². The Kier molecular flexibility index (Phi) is 5.12. The van der Waals surface area contributed by atoms with E-state index in [-0.39, 0.29) is 17.9 Å². The summed E-state index contributed by atoms with van der Waals surface area (Å²) in [6.07, 6.45) is 0.899. The molecular formula is C16H25NO2. The number of aryl methyl sites for hydroxylation is 1. The number of rotatable bonds is 4. The van der Waals surface area contributed by atoms with E-state index >= 15 is 0 Å². The van der Waals surface area contributed by atoms with Crippen LogP contribution in [0.1, 0.15) is 44.7 Å². The summed E-state index contributed by atoms with van der Waals surface area (Å²) in [5.41, 5.74) is 3.43. The molecule has 0 unspecified atom stereocenters. The molecular weight excluding hydrogens is 238 g/mol. The third kappa shape index (κ3) is 4.06. The van der Waals surface area contributed by atoms with Crippen molar-refractivity contribution >= 4 is 11.6 Å². The Bertz CT molecular complexity index is 447. The first-order chi connectivity index (χ1) is 8.77. The molecule has 1 aromatic rings. The normalized spacial score (nSPS) is 11.5. The van der Waals surface area contributed by atoms with Crippen LogP contribution in [0.4, 0.5) is 5.69 Å². The van der Waals surface area contributed by atoms with Crippen LogP contribution in [0.2, 0.25) is 0 Å². The summed E-state index contributed by atoms with van der Waals surface area (Å²) in [4.78, 5) is 13.6. The fraction of sp³-hybridized carbons (Fsp3) is 0.562. The third-order valence-electron chi connectivity index (χ3n) is 3.35. The van der Waals surface area contributed by atoms with Crippen molar-refractivity contribution in [2.24, 2.45) is 0 Å². The second-order valence-electron chi connectivity index (χ2n) is 6.03. The number of aliphatic hydroxyl groups excluding tert-OH is 1. The predicted molar refractivity (Wildman–Crippen MR) is 79.6 cm³/mol. The fourth-order valence-electron chi connectivity index (χ4n) is 2.03. The highest BCUT2D eigenvalue weighted by atomic mass is 16.3. The predicted octanol–water partition coefficient (Wildman–Crippen LogP) is 3.03. The quantitative estimate of drug-likeness (QED) is 0.907. The van der Waals surface area contributed by atoms with E-state index < -0.39 is 0 Å². The SMILES string of the molecule is Cc1cc(C(C)(C)C)ccc1N(C)C(=O)CCCO. The molecule has 1 amide bonds. The number of anilines is 1. The number of carbonyl (C=O) groups is 1. The van der Waals surface area contributed by atoms with Crippen molar-refractivity contribution in [1.82, 2.24) is 0 Å². The van der Waals surface area contributed by atoms with Gasteiger partial charge in [-0.05, 0) is 36.0 Å². The van der Waals surface area contributed by atoms with Crippen LogP contribution < -0.4 is 4.90 Å². The maximum atomic E-state index is 12.0. The Balaban J connectivity index is 2.93. The van der Waals surface area contributed by atoms with Crippen molar-refractivity contribution in [3.63, 3.8) is 0 Å². The van der Waals surface area contributed by atoms with Crippen molar-refractivity contribution in [2.45, 2.75) is 46.0 Å². The molecule has 1 aromatic carbocycles. The average molecular weight is 263 g/mol. The van der Waals surface area contributed by atoms with E-state index in [0.717, 1.165) is 11.3 Å². The Labute approximate surface area is 116 Å². The van der Waals surface area contributed by atoms with E-state index in [1.165, 1.54) is 5.56 Å². The van der Waals surface area contributed by atoms with Gasteiger partial charge in [-0.1, -0.05) is 32.9 Å². The van der Waals surface area contributed by atoms with Crippen LogP contribution in [0.3, 0.4) is 0 Å². The van der Waals surface area contributed by atoms with Crippen LogP contribution >= 0.6 is 0 Å². The minimum Gasteiger partial charge on any atom is -0.396 e. The van der Waals surface area contributed by atoms with Crippen LogP contribution in [0.25, 0.3) is 0 Å². The molecule has 0 aliphatic rings. The van der Waals surface area contributed by atoms with Crippen molar-refractivity contribution in [3.05, 3.63) is 29.3 Å². The number of hydrogen-bond acceptors (Lipinski definition) is 2. The van der Waals surface area contributed by atoms with Crippen molar-refractivity contribution in [3.8, 4) is 0 Å². The average Bonchev–Trinajstić information content (AvgIpc) is 2.33. The highest BCUT2D eigenvalue weighted by Gasteiger charge is 2.17. The maximum Gasteiger partial charge on any atom is 0.226 e. The van der Waals surface area contributed by atoms with Gasteiger partial charge in [-0.15, -0.1) is 0 Å². The number of hydrogen-bond donors (Lipinski definition) is 1. The second-order valence-corrected chi connectivity index (χ2v) is 6.03. The monoisotopic (exact) mass is 263 g/mol. The summed E-state index contributed by atoms with van der Waals surface area (Å²) in [7, 11) is 1.79. The molecule has 0 aliphatic carbocycles. The van der Waals surface area contributed by atoms with Gasteiger partial charge in [0.15, 0.2) is 0 Å². The molecule has 0 saturated carbocycles. The van der Waals surface area contributed by atoms with Gasteiger partial charge in [0.1, 0.15) is 0 Å². The van der Waals surface area contributed by atoms with Crippen molar-refractivity contribution in [1.29, 1.82) is 0 Å². The molecule has 0 atom stereocenters. The van der Waals surface area contributed by atoms with Gasteiger partial charge in [-0.2, -0.15) is 0 Å². The zero-order chi connectivity index (χ0) is 14.6.